The summed E-state index contributed by atoms with van der Waals surface area (Å²) in [6.45, 7) is 3.02. The highest BCUT2D eigenvalue weighted by atomic mass is 35.5. The number of fused-ring (bicyclic) bond motifs is 1. The zero-order valence-corrected chi connectivity index (χ0v) is 15.8. The van der Waals surface area contributed by atoms with Crippen LogP contribution in [-0.4, -0.2) is 29.7 Å². The van der Waals surface area contributed by atoms with Crippen molar-refractivity contribution >= 4 is 17.3 Å². The van der Waals surface area contributed by atoms with Crippen LogP contribution in [0.5, 0.6) is 5.75 Å². The van der Waals surface area contributed by atoms with Gasteiger partial charge in [-0.15, -0.1) is 0 Å². The lowest BCUT2D eigenvalue weighted by molar-refractivity contribution is 0.00784. The highest BCUT2D eigenvalue weighted by molar-refractivity contribution is 6.30. The number of aliphatic hydroxyl groups is 1. The van der Waals surface area contributed by atoms with Gasteiger partial charge in [0.2, 0.25) is 0 Å². The fraction of sp³-hybridized carbons (Fsp3) is 0.333. The molecule has 1 N–H and O–H groups in total. The molecule has 0 aromatic heterocycles. The number of hydrogen-bond acceptors (Lipinski definition) is 4. The Kier molecular flexibility index (Phi) is 4.33. The number of methoxy groups -OCH3 is 1. The summed E-state index contributed by atoms with van der Waals surface area (Å²) in [4.78, 5) is 4.34. The Labute approximate surface area is 159 Å². The number of anilines is 1. The van der Waals surface area contributed by atoms with E-state index in [1.54, 1.807) is 7.11 Å². The number of halogens is 1. The van der Waals surface area contributed by atoms with E-state index in [1.807, 2.05) is 53.4 Å². The van der Waals surface area contributed by atoms with Crippen LogP contribution in [0.1, 0.15) is 25.3 Å². The first kappa shape index (κ1) is 17.3. The maximum absolute atomic E-state index is 12.0. The molecule has 1 fully saturated rings. The summed E-state index contributed by atoms with van der Waals surface area (Å²) in [7, 11) is 1.66. The molecule has 2 aromatic rings. The number of ether oxygens (including phenoxy) is 1. The predicted octanol–water partition coefficient (Wildman–Crippen LogP) is 4.34. The Morgan fingerprint density at radius 1 is 1.12 bits per heavy atom. The molecular formula is C21H23ClN2O2. The van der Waals surface area contributed by atoms with Gasteiger partial charge in [-0.05, 0) is 62.2 Å². The van der Waals surface area contributed by atoms with E-state index in [0.29, 0.717) is 5.02 Å². The van der Waals surface area contributed by atoms with Gasteiger partial charge in [0.05, 0.1) is 13.2 Å². The van der Waals surface area contributed by atoms with Crippen LogP contribution < -0.4 is 9.64 Å². The summed E-state index contributed by atoms with van der Waals surface area (Å²) in [5.74, 6) is 1.86. The minimum Gasteiger partial charge on any atom is -0.497 e. The van der Waals surface area contributed by atoms with E-state index in [-0.39, 0.29) is 6.04 Å². The molecule has 0 saturated carbocycles. The second kappa shape index (κ2) is 6.53. The lowest BCUT2D eigenvalue weighted by Gasteiger charge is -2.37. The van der Waals surface area contributed by atoms with Gasteiger partial charge in [0.15, 0.2) is 5.72 Å². The molecular weight excluding hydrogens is 348 g/mol. The number of nitrogens with zero attached hydrogens (tertiary/aromatic N) is 2. The topological polar surface area (TPSA) is 35.9 Å². The molecule has 0 amide bonds. The molecule has 2 aromatic carbocycles. The average Bonchev–Trinajstić information content (AvgIpc) is 2.91. The molecule has 0 spiro atoms. The summed E-state index contributed by atoms with van der Waals surface area (Å²) in [5, 5.41) is 12.6. The van der Waals surface area contributed by atoms with Gasteiger partial charge in [0, 0.05) is 22.8 Å². The van der Waals surface area contributed by atoms with Gasteiger partial charge >= 0.3 is 0 Å². The van der Waals surface area contributed by atoms with Gasteiger partial charge in [0.1, 0.15) is 11.6 Å². The minimum atomic E-state index is -1.17. The van der Waals surface area contributed by atoms with Crippen molar-refractivity contribution in [2.24, 2.45) is 0 Å². The third-order valence-electron chi connectivity index (χ3n) is 5.44. The van der Waals surface area contributed by atoms with Crippen LogP contribution in [0.25, 0.3) is 0 Å². The SMILES string of the molecule is COc1ccc(N2C3=CCCCN3[C@@H](C)[C@]2(O)c2ccc(Cl)cc2)cc1. The van der Waals surface area contributed by atoms with E-state index >= 15 is 0 Å². The van der Waals surface area contributed by atoms with Gasteiger partial charge in [-0.3, -0.25) is 4.90 Å². The lowest BCUT2D eigenvalue weighted by atomic mass is 9.95. The summed E-state index contributed by atoms with van der Waals surface area (Å²) in [5.41, 5.74) is 0.598. The molecule has 5 heteroatoms. The van der Waals surface area contributed by atoms with Gasteiger partial charge < -0.3 is 14.7 Å². The fourth-order valence-electron chi connectivity index (χ4n) is 4.04. The zero-order chi connectivity index (χ0) is 18.3. The number of rotatable bonds is 3. The minimum absolute atomic E-state index is 0.0858. The molecule has 0 aliphatic carbocycles. The van der Waals surface area contributed by atoms with Crippen LogP contribution in [0.4, 0.5) is 5.69 Å². The molecule has 136 valence electrons. The summed E-state index contributed by atoms with van der Waals surface area (Å²) in [6, 6.07) is 15.2. The average molecular weight is 371 g/mol. The Hall–Kier alpha value is -2.17. The molecule has 2 atom stereocenters. The number of benzene rings is 2. The van der Waals surface area contributed by atoms with Gasteiger partial charge in [-0.2, -0.15) is 0 Å². The normalized spacial score (nSPS) is 25.1. The van der Waals surface area contributed by atoms with E-state index in [9.17, 15) is 5.11 Å². The molecule has 1 saturated heterocycles. The molecule has 2 aliphatic heterocycles. The molecule has 26 heavy (non-hydrogen) atoms. The number of allylic oxidation sites excluding steroid dienone is 1. The van der Waals surface area contributed by atoms with Crippen LogP contribution in [0.2, 0.25) is 5.02 Å². The third-order valence-corrected chi connectivity index (χ3v) is 5.70. The van der Waals surface area contributed by atoms with Crippen LogP contribution in [0.15, 0.2) is 60.4 Å². The van der Waals surface area contributed by atoms with Crippen molar-refractivity contribution in [2.45, 2.75) is 31.5 Å². The van der Waals surface area contributed by atoms with E-state index in [0.717, 1.165) is 42.2 Å². The Bertz CT molecular complexity index is 819. The molecule has 2 heterocycles. The van der Waals surface area contributed by atoms with Crippen LogP contribution in [0.3, 0.4) is 0 Å². The fourth-order valence-corrected chi connectivity index (χ4v) is 4.17. The molecule has 0 radical (unpaired) electrons. The highest BCUT2D eigenvalue weighted by Crippen LogP contribution is 2.47. The maximum atomic E-state index is 12.0. The Morgan fingerprint density at radius 2 is 1.81 bits per heavy atom. The first-order chi connectivity index (χ1) is 12.6. The second-order valence-electron chi connectivity index (χ2n) is 6.84. The van der Waals surface area contributed by atoms with Crippen LogP contribution in [-0.2, 0) is 5.72 Å². The molecule has 2 aliphatic rings. The van der Waals surface area contributed by atoms with Crippen molar-refractivity contribution in [3.05, 3.63) is 71.0 Å². The van der Waals surface area contributed by atoms with E-state index in [4.69, 9.17) is 16.3 Å². The van der Waals surface area contributed by atoms with Crippen molar-refractivity contribution in [3.8, 4) is 5.75 Å². The quantitative estimate of drug-likeness (QED) is 0.871. The molecule has 4 rings (SSSR count). The summed E-state index contributed by atoms with van der Waals surface area (Å²) < 4.78 is 5.29. The van der Waals surface area contributed by atoms with E-state index in [1.165, 1.54) is 0 Å². The molecule has 0 unspecified atom stereocenters. The third kappa shape index (κ3) is 2.56. The van der Waals surface area contributed by atoms with E-state index in [2.05, 4.69) is 17.9 Å². The smallest absolute Gasteiger partial charge is 0.190 e. The number of hydrogen-bond donors (Lipinski definition) is 1. The zero-order valence-electron chi connectivity index (χ0n) is 15.0. The first-order valence-electron chi connectivity index (χ1n) is 8.95. The van der Waals surface area contributed by atoms with Crippen molar-refractivity contribution in [1.82, 2.24) is 4.90 Å². The highest BCUT2D eigenvalue weighted by Gasteiger charge is 2.53. The Balaban J connectivity index is 1.87. The first-order valence-corrected chi connectivity index (χ1v) is 9.33. The van der Waals surface area contributed by atoms with Crippen molar-refractivity contribution in [3.63, 3.8) is 0 Å². The molecule has 4 nitrogen and oxygen atoms in total. The lowest BCUT2D eigenvalue weighted by Crippen LogP contribution is -2.47. The van der Waals surface area contributed by atoms with Crippen molar-refractivity contribution in [2.75, 3.05) is 18.6 Å². The standard InChI is InChI=1S/C21H23ClN2O2/c1-15-21(25,16-6-8-17(22)9-7-16)24(20-5-3-4-14-23(15)20)18-10-12-19(26-2)13-11-18/h5-13,15,25H,3-4,14H2,1-2H3/t15-,21-/m0/s1. The van der Waals surface area contributed by atoms with Gasteiger partial charge in [-0.1, -0.05) is 23.7 Å². The second-order valence-corrected chi connectivity index (χ2v) is 7.28. The summed E-state index contributed by atoms with van der Waals surface area (Å²) in [6.07, 6.45) is 4.33. The monoisotopic (exact) mass is 370 g/mol. The Morgan fingerprint density at radius 3 is 2.46 bits per heavy atom. The maximum Gasteiger partial charge on any atom is 0.190 e. The van der Waals surface area contributed by atoms with Crippen molar-refractivity contribution in [1.29, 1.82) is 0 Å². The van der Waals surface area contributed by atoms with Crippen molar-refractivity contribution < 1.29 is 9.84 Å². The van der Waals surface area contributed by atoms with Crippen LogP contribution >= 0.6 is 11.6 Å². The van der Waals surface area contributed by atoms with E-state index < -0.39 is 5.72 Å². The largest absolute Gasteiger partial charge is 0.497 e. The van der Waals surface area contributed by atoms with Crippen LogP contribution in [0, 0.1) is 0 Å². The van der Waals surface area contributed by atoms with Gasteiger partial charge in [0.25, 0.3) is 0 Å². The predicted molar refractivity (Wildman–Crippen MR) is 104 cm³/mol. The summed E-state index contributed by atoms with van der Waals surface area (Å²) >= 11 is 6.08. The van der Waals surface area contributed by atoms with Gasteiger partial charge in [-0.25, -0.2) is 0 Å². The molecule has 0 bridgehead atoms.